The van der Waals surface area contributed by atoms with Gasteiger partial charge >= 0.3 is 0 Å². The molecule has 0 saturated heterocycles. The Morgan fingerprint density at radius 1 is 1.46 bits per heavy atom. The fraction of sp³-hybridized carbons (Fsp3) is 0.400. The maximum atomic E-state index is 12.8. The van der Waals surface area contributed by atoms with Crippen molar-refractivity contribution >= 4 is 11.4 Å². The van der Waals surface area contributed by atoms with E-state index >= 15 is 0 Å². The van der Waals surface area contributed by atoms with Crippen molar-refractivity contribution in [3.05, 3.63) is 24.0 Å². The maximum absolute atomic E-state index is 12.8. The van der Waals surface area contributed by atoms with Gasteiger partial charge in [0.2, 0.25) is 0 Å². The lowest BCUT2D eigenvalue weighted by Crippen LogP contribution is -2.29. The van der Waals surface area contributed by atoms with Crippen LogP contribution in [-0.2, 0) is 0 Å². The Bertz CT molecular complexity index is 323. The lowest BCUT2D eigenvalue weighted by atomic mass is 10.2. The van der Waals surface area contributed by atoms with Crippen molar-refractivity contribution in [2.24, 2.45) is 0 Å². The summed E-state index contributed by atoms with van der Waals surface area (Å²) >= 11 is 0. The van der Waals surface area contributed by atoms with Crippen molar-refractivity contribution in [1.29, 1.82) is 0 Å². The first-order chi connectivity index (χ1) is 6.18. The van der Waals surface area contributed by atoms with E-state index in [4.69, 9.17) is 0 Å². The largest absolute Gasteiger partial charge is 0.366 e. The monoisotopic (exact) mass is 180 g/mol. The number of nitrogens with one attached hydrogen (secondary N) is 1. The summed E-state index contributed by atoms with van der Waals surface area (Å²) in [4.78, 5) is 2.20. The first-order valence-electron chi connectivity index (χ1n) is 4.48. The first kappa shape index (κ1) is 8.35. The second-order valence-electron chi connectivity index (χ2n) is 3.56. The molecule has 2 nitrogen and oxygen atoms in total. The molecular formula is C10H13FN2. The van der Waals surface area contributed by atoms with Gasteiger partial charge in [0.05, 0.1) is 18.0 Å². The summed E-state index contributed by atoms with van der Waals surface area (Å²) in [6.07, 6.45) is 0. The minimum atomic E-state index is -0.183. The van der Waals surface area contributed by atoms with Gasteiger partial charge in [0, 0.05) is 6.04 Å². The quantitative estimate of drug-likeness (QED) is 0.714. The van der Waals surface area contributed by atoms with Crippen molar-refractivity contribution in [2.75, 3.05) is 16.9 Å². The van der Waals surface area contributed by atoms with Crippen LogP contribution in [0.25, 0.3) is 0 Å². The summed E-state index contributed by atoms with van der Waals surface area (Å²) in [5.41, 5.74) is 1.99. The van der Waals surface area contributed by atoms with Gasteiger partial charge in [-0.05, 0) is 32.0 Å². The highest BCUT2D eigenvalue weighted by atomic mass is 19.1. The number of hydrogen-bond acceptors (Lipinski definition) is 2. The smallest absolute Gasteiger partial charge is 0.125 e. The Hall–Kier alpha value is -1.25. The van der Waals surface area contributed by atoms with Crippen LogP contribution in [0.5, 0.6) is 0 Å². The summed E-state index contributed by atoms with van der Waals surface area (Å²) in [7, 11) is 0. The Kier molecular flexibility index (Phi) is 1.87. The highest BCUT2D eigenvalue weighted by molar-refractivity contribution is 5.74. The van der Waals surface area contributed by atoms with E-state index in [9.17, 15) is 4.39 Å². The van der Waals surface area contributed by atoms with Crippen molar-refractivity contribution in [3.63, 3.8) is 0 Å². The van der Waals surface area contributed by atoms with Gasteiger partial charge in [-0.1, -0.05) is 0 Å². The molecule has 3 heteroatoms. The topological polar surface area (TPSA) is 15.3 Å². The normalized spacial score (nSPS) is 14.6. The second-order valence-corrected chi connectivity index (χ2v) is 3.56. The molecule has 0 fully saturated rings. The molecule has 1 aromatic carbocycles. The molecule has 0 bridgehead atoms. The van der Waals surface area contributed by atoms with Gasteiger partial charge in [0.1, 0.15) is 5.82 Å². The van der Waals surface area contributed by atoms with E-state index in [-0.39, 0.29) is 5.82 Å². The van der Waals surface area contributed by atoms with E-state index in [1.807, 2.05) is 6.07 Å². The molecule has 0 aliphatic carbocycles. The molecule has 1 heterocycles. The Morgan fingerprint density at radius 2 is 2.23 bits per heavy atom. The van der Waals surface area contributed by atoms with E-state index in [1.165, 1.54) is 12.1 Å². The number of hydrogen-bond donors (Lipinski definition) is 1. The van der Waals surface area contributed by atoms with Crippen LogP contribution in [0, 0.1) is 5.82 Å². The standard InChI is InChI=1S/C10H13FN2/c1-7(2)13-6-12-9-5-8(11)3-4-10(9)13/h3-5,7,12H,6H2,1-2H3. The van der Waals surface area contributed by atoms with E-state index in [0.717, 1.165) is 18.0 Å². The predicted octanol–water partition coefficient (Wildman–Crippen LogP) is 2.42. The lowest BCUT2D eigenvalue weighted by molar-refractivity contribution is 0.628. The van der Waals surface area contributed by atoms with Gasteiger partial charge in [-0.2, -0.15) is 0 Å². The molecule has 0 unspecified atom stereocenters. The molecular weight excluding hydrogens is 167 g/mol. The minimum Gasteiger partial charge on any atom is -0.366 e. The van der Waals surface area contributed by atoms with Crippen LogP contribution in [0.3, 0.4) is 0 Å². The van der Waals surface area contributed by atoms with Crippen LogP contribution in [0.4, 0.5) is 15.8 Å². The zero-order chi connectivity index (χ0) is 9.42. The van der Waals surface area contributed by atoms with Crippen LogP contribution >= 0.6 is 0 Å². The van der Waals surface area contributed by atoms with Crippen LogP contribution < -0.4 is 10.2 Å². The molecule has 0 atom stereocenters. The Balaban J connectivity index is 2.38. The molecule has 1 aromatic rings. The first-order valence-corrected chi connectivity index (χ1v) is 4.48. The predicted molar refractivity (Wildman–Crippen MR) is 52.5 cm³/mol. The van der Waals surface area contributed by atoms with E-state index in [2.05, 4.69) is 24.1 Å². The third-order valence-electron chi connectivity index (χ3n) is 2.33. The molecule has 1 N–H and O–H groups in total. The third-order valence-corrected chi connectivity index (χ3v) is 2.33. The molecule has 0 amide bonds. The van der Waals surface area contributed by atoms with Crippen LogP contribution in [0.1, 0.15) is 13.8 Å². The van der Waals surface area contributed by atoms with Crippen molar-refractivity contribution in [2.45, 2.75) is 19.9 Å². The molecule has 0 aromatic heterocycles. The molecule has 1 aliphatic heterocycles. The van der Waals surface area contributed by atoms with E-state index < -0.39 is 0 Å². The SMILES string of the molecule is CC(C)N1CNc2cc(F)ccc21. The second kappa shape index (κ2) is 2.91. The number of rotatable bonds is 1. The average Bonchev–Trinajstić information content (AvgIpc) is 2.46. The van der Waals surface area contributed by atoms with Crippen LogP contribution in [-0.4, -0.2) is 12.7 Å². The molecule has 0 radical (unpaired) electrons. The van der Waals surface area contributed by atoms with Gasteiger partial charge in [-0.3, -0.25) is 0 Å². The fourth-order valence-corrected chi connectivity index (χ4v) is 1.62. The summed E-state index contributed by atoms with van der Waals surface area (Å²) < 4.78 is 12.8. The molecule has 1 aliphatic rings. The van der Waals surface area contributed by atoms with Crippen molar-refractivity contribution in [3.8, 4) is 0 Å². The highest BCUT2D eigenvalue weighted by Gasteiger charge is 2.20. The minimum absolute atomic E-state index is 0.183. The fourth-order valence-electron chi connectivity index (χ4n) is 1.62. The van der Waals surface area contributed by atoms with Crippen LogP contribution in [0.15, 0.2) is 18.2 Å². The summed E-state index contributed by atoms with van der Waals surface area (Å²) in [5, 5.41) is 3.16. The summed E-state index contributed by atoms with van der Waals surface area (Å²) in [5.74, 6) is -0.183. The third kappa shape index (κ3) is 1.34. The Labute approximate surface area is 77.4 Å². The van der Waals surface area contributed by atoms with Crippen molar-refractivity contribution < 1.29 is 4.39 Å². The number of nitrogens with zero attached hydrogens (tertiary/aromatic N) is 1. The number of anilines is 2. The lowest BCUT2D eigenvalue weighted by Gasteiger charge is -2.22. The molecule has 13 heavy (non-hydrogen) atoms. The number of benzene rings is 1. The average molecular weight is 180 g/mol. The van der Waals surface area contributed by atoms with Gasteiger partial charge in [0.15, 0.2) is 0 Å². The van der Waals surface area contributed by atoms with Crippen LogP contribution in [0.2, 0.25) is 0 Å². The maximum Gasteiger partial charge on any atom is 0.125 e. The van der Waals surface area contributed by atoms with Gasteiger partial charge in [-0.15, -0.1) is 0 Å². The zero-order valence-electron chi connectivity index (χ0n) is 7.84. The molecule has 0 saturated carbocycles. The van der Waals surface area contributed by atoms with Crippen molar-refractivity contribution in [1.82, 2.24) is 0 Å². The highest BCUT2D eigenvalue weighted by Crippen LogP contribution is 2.32. The van der Waals surface area contributed by atoms with Gasteiger partial charge in [0.25, 0.3) is 0 Å². The van der Waals surface area contributed by atoms with E-state index in [1.54, 1.807) is 0 Å². The zero-order valence-corrected chi connectivity index (χ0v) is 7.84. The number of halogens is 1. The van der Waals surface area contributed by atoms with Gasteiger partial charge < -0.3 is 10.2 Å². The molecule has 0 spiro atoms. The molecule has 70 valence electrons. The van der Waals surface area contributed by atoms with Gasteiger partial charge in [-0.25, -0.2) is 4.39 Å². The summed E-state index contributed by atoms with van der Waals surface area (Å²) in [6.45, 7) is 5.02. The van der Waals surface area contributed by atoms with E-state index in [0.29, 0.717) is 6.04 Å². The number of fused-ring (bicyclic) bond motifs is 1. The molecule has 2 rings (SSSR count). The Morgan fingerprint density at radius 3 is 2.92 bits per heavy atom. The summed E-state index contributed by atoms with van der Waals surface area (Å²) in [6, 6.07) is 5.31.